The second-order valence-corrected chi connectivity index (χ2v) is 4.31. The molecule has 1 aliphatic rings. The molecule has 2 rings (SSSR count). The first-order valence-electron chi connectivity index (χ1n) is 5.50. The number of aryl methyl sites for hydroxylation is 2. The largest absolute Gasteiger partial charge is 0.379 e. The summed E-state index contributed by atoms with van der Waals surface area (Å²) < 4.78 is 0. The fraction of sp³-hybridized carbons (Fsp3) is 0.727. The second kappa shape index (κ2) is 3.64. The molecule has 0 spiro atoms. The van der Waals surface area contributed by atoms with E-state index in [2.05, 4.69) is 29.4 Å². The zero-order valence-corrected chi connectivity index (χ0v) is 9.22. The molecule has 1 aromatic heterocycles. The van der Waals surface area contributed by atoms with Crippen molar-refractivity contribution in [3.05, 3.63) is 11.4 Å². The Bertz CT molecular complexity index is 293. The fourth-order valence-corrected chi connectivity index (χ4v) is 2.00. The van der Waals surface area contributed by atoms with Crippen molar-refractivity contribution in [2.75, 3.05) is 5.32 Å². The van der Waals surface area contributed by atoms with E-state index in [1.165, 1.54) is 24.9 Å². The number of H-pyrrole nitrogens is 1. The first-order valence-corrected chi connectivity index (χ1v) is 5.50. The molecule has 0 bridgehead atoms. The van der Waals surface area contributed by atoms with E-state index >= 15 is 0 Å². The van der Waals surface area contributed by atoms with Gasteiger partial charge in [0.2, 0.25) is 0 Å². The van der Waals surface area contributed by atoms with Gasteiger partial charge >= 0.3 is 0 Å². The zero-order chi connectivity index (χ0) is 10.1. The predicted octanol–water partition coefficient (Wildman–Crippen LogP) is 2.63. The number of anilines is 1. The Morgan fingerprint density at radius 2 is 2.21 bits per heavy atom. The molecule has 0 aliphatic heterocycles. The summed E-state index contributed by atoms with van der Waals surface area (Å²) in [5, 5.41) is 10.8. The molecule has 1 aliphatic carbocycles. The van der Waals surface area contributed by atoms with Gasteiger partial charge < -0.3 is 5.32 Å². The van der Waals surface area contributed by atoms with Gasteiger partial charge in [-0.3, -0.25) is 5.10 Å². The van der Waals surface area contributed by atoms with E-state index in [-0.39, 0.29) is 0 Å². The summed E-state index contributed by atoms with van der Waals surface area (Å²) in [4.78, 5) is 0. The van der Waals surface area contributed by atoms with Gasteiger partial charge in [-0.15, -0.1) is 0 Å². The fourth-order valence-electron chi connectivity index (χ4n) is 2.00. The Labute approximate surface area is 85.3 Å². The molecule has 1 unspecified atom stereocenters. The molecule has 2 N–H and O–H groups in total. The van der Waals surface area contributed by atoms with Crippen LogP contribution in [-0.4, -0.2) is 16.2 Å². The molecule has 0 saturated heterocycles. The van der Waals surface area contributed by atoms with Crippen LogP contribution in [-0.2, 0) is 0 Å². The molecule has 0 amide bonds. The molecular weight excluding hydrogens is 174 g/mol. The van der Waals surface area contributed by atoms with Crippen molar-refractivity contribution in [2.24, 2.45) is 5.92 Å². The highest BCUT2D eigenvalue weighted by Gasteiger charge is 2.30. The van der Waals surface area contributed by atoms with Crippen LogP contribution in [0.1, 0.15) is 37.6 Å². The van der Waals surface area contributed by atoms with Gasteiger partial charge in [0.15, 0.2) is 0 Å². The minimum absolute atomic E-state index is 0.644. The Kier molecular flexibility index (Phi) is 2.48. The minimum atomic E-state index is 0.644. The number of nitrogens with zero attached hydrogens (tertiary/aromatic N) is 1. The van der Waals surface area contributed by atoms with Crippen molar-refractivity contribution in [3.8, 4) is 0 Å². The van der Waals surface area contributed by atoms with Gasteiger partial charge in [0.25, 0.3) is 0 Å². The van der Waals surface area contributed by atoms with Gasteiger partial charge in [0.05, 0.1) is 17.1 Å². The van der Waals surface area contributed by atoms with Gasteiger partial charge in [-0.1, -0.05) is 6.92 Å². The maximum Gasteiger partial charge on any atom is 0.0825 e. The second-order valence-electron chi connectivity index (χ2n) is 4.31. The summed E-state index contributed by atoms with van der Waals surface area (Å²) in [6.45, 7) is 6.37. The van der Waals surface area contributed by atoms with E-state index in [9.17, 15) is 0 Å². The smallest absolute Gasteiger partial charge is 0.0825 e. The van der Waals surface area contributed by atoms with E-state index < -0.39 is 0 Å². The van der Waals surface area contributed by atoms with Gasteiger partial charge in [0, 0.05) is 6.04 Å². The van der Waals surface area contributed by atoms with Crippen molar-refractivity contribution < 1.29 is 0 Å². The summed E-state index contributed by atoms with van der Waals surface area (Å²) in [7, 11) is 0. The van der Waals surface area contributed by atoms with Crippen LogP contribution in [0.4, 0.5) is 5.69 Å². The molecule has 1 aromatic rings. The lowest BCUT2D eigenvalue weighted by atomic mass is 10.1. The number of aromatic nitrogens is 2. The summed E-state index contributed by atoms with van der Waals surface area (Å²) in [5.41, 5.74) is 3.45. The van der Waals surface area contributed by atoms with Gasteiger partial charge in [-0.05, 0) is 39.0 Å². The molecule has 14 heavy (non-hydrogen) atoms. The number of hydrogen-bond acceptors (Lipinski definition) is 2. The normalized spacial score (nSPS) is 18.2. The Morgan fingerprint density at radius 3 is 2.64 bits per heavy atom. The van der Waals surface area contributed by atoms with Gasteiger partial charge in [-0.2, -0.15) is 5.10 Å². The zero-order valence-electron chi connectivity index (χ0n) is 9.22. The summed E-state index contributed by atoms with van der Waals surface area (Å²) in [5.74, 6) is 0.897. The Hall–Kier alpha value is -0.990. The molecule has 3 heteroatoms. The average Bonchev–Trinajstić information content (AvgIpc) is 2.95. The highest BCUT2D eigenvalue weighted by atomic mass is 15.2. The quantitative estimate of drug-likeness (QED) is 0.771. The lowest BCUT2D eigenvalue weighted by Crippen LogP contribution is -2.21. The lowest BCUT2D eigenvalue weighted by molar-refractivity contribution is 0.615. The lowest BCUT2D eigenvalue weighted by Gasteiger charge is -2.17. The first-order chi connectivity index (χ1) is 6.72. The van der Waals surface area contributed by atoms with Crippen LogP contribution in [0.2, 0.25) is 0 Å². The van der Waals surface area contributed by atoms with Crippen LogP contribution < -0.4 is 5.32 Å². The standard InChI is InChI=1S/C11H19N3/c1-4-10(9-5-6-9)12-11-7(2)13-14-8(11)3/h9-10,12H,4-6H2,1-3H3,(H,13,14). The summed E-state index contributed by atoms with van der Waals surface area (Å²) in [6, 6.07) is 0.644. The molecule has 1 atom stereocenters. The van der Waals surface area contributed by atoms with Crippen molar-refractivity contribution in [2.45, 2.75) is 46.1 Å². The van der Waals surface area contributed by atoms with Crippen LogP contribution in [0, 0.1) is 19.8 Å². The Balaban J connectivity index is 2.07. The van der Waals surface area contributed by atoms with Gasteiger partial charge in [-0.25, -0.2) is 0 Å². The van der Waals surface area contributed by atoms with Crippen molar-refractivity contribution in [1.29, 1.82) is 0 Å². The van der Waals surface area contributed by atoms with E-state index in [0.717, 1.165) is 17.3 Å². The van der Waals surface area contributed by atoms with Crippen molar-refractivity contribution in [1.82, 2.24) is 10.2 Å². The van der Waals surface area contributed by atoms with E-state index in [1.54, 1.807) is 0 Å². The maximum absolute atomic E-state index is 4.20. The molecular formula is C11H19N3. The van der Waals surface area contributed by atoms with Gasteiger partial charge in [0.1, 0.15) is 0 Å². The van der Waals surface area contributed by atoms with Crippen LogP contribution in [0.5, 0.6) is 0 Å². The highest BCUT2D eigenvalue weighted by Crippen LogP contribution is 2.36. The van der Waals surface area contributed by atoms with E-state index in [1.807, 2.05) is 6.92 Å². The van der Waals surface area contributed by atoms with Crippen LogP contribution in [0.3, 0.4) is 0 Å². The summed E-state index contributed by atoms with van der Waals surface area (Å²) in [6.07, 6.45) is 3.98. The minimum Gasteiger partial charge on any atom is -0.379 e. The average molecular weight is 193 g/mol. The topological polar surface area (TPSA) is 40.7 Å². The predicted molar refractivity (Wildman–Crippen MR) is 58.5 cm³/mol. The Morgan fingerprint density at radius 1 is 1.50 bits per heavy atom. The van der Waals surface area contributed by atoms with Crippen molar-refractivity contribution >= 4 is 5.69 Å². The SMILES string of the molecule is CCC(Nc1c(C)n[nH]c1C)C1CC1. The molecule has 1 fully saturated rings. The molecule has 1 heterocycles. The van der Waals surface area contributed by atoms with E-state index in [0.29, 0.717) is 6.04 Å². The summed E-state index contributed by atoms with van der Waals surface area (Å²) >= 11 is 0. The molecule has 3 nitrogen and oxygen atoms in total. The third kappa shape index (κ3) is 1.76. The van der Waals surface area contributed by atoms with Crippen LogP contribution >= 0.6 is 0 Å². The number of nitrogens with one attached hydrogen (secondary N) is 2. The molecule has 78 valence electrons. The van der Waals surface area contributed by atoms with Crippen LogP contribution in [0.15, 0.2) is 0 Å². The van der Waals surface area contributed by atoms with Crippen LogP contribution in [0.25, 0.3) is 0 Å². The first kappa shape index (κ1) is 9.56. The monoisotopic (exact) mass is 193 g/mol. The maximum atomic E-state index is 4.20. The highest BCUT2D eigenvalue weighted by molar-refractivity contribution is 5.52. The molecule has 1 saturated carbocycles. The van der Waals surface area contributed by atoms with Crippen molar-refractivity contribution in [3.63, 3.8) is 0 Å². The third-order valence-electron chi connectivity index (χ3n) is 3.09. The number of rotatable bonds is 4. The molecule has 0 radical (unpaired) electrons. The third-order valence-corrected chi connectivity index (χ3v) is 3.09. The molecule has 0 aromatic carbocycles. The van der Waals surface area contributed by atoms with E-state index in [4.69, 9.17) is 0 Å². The number of aromatic amines is 1. The number of hydrogen-bond donors (Lipinski definition) is 2.